The van der Waals surface area contributed by atoms with Gasteiger partial charge in [-0.3, -0.25) is 19.3 Å². The number of carbonyl (C=O) groups excluding carboxylic acids is 3. The second-order valence-electron chi connectivity index (χ2n) is 9.31. The number of Topliss-reactive ketones (excluding diaryl/α,β-unsaturated/α-hetero) is 2. The Labute approximate surface area is 200 Å². The molecule has 0 aromatic heterocycles. The first-order valence-corrected chi connectivity index (χ1v) is 11.0. The zero-order chi connectivity index (χ0) is 26.0. The van der Waals surface area contributed by atoms with Crippen LogP contribution in [-0.4, -0.2) is 81.4 Å². The van der Waals surface area contributed by atoms with Crippen molar-refractivity contribution in [1.82, 2.24) is 4.90 Å². The highest BCUT2D eigenvalue weighted by atomic mass is 16.6. The number of oxime groups is 1. The van der Waals surface area contributed by atoms with Crippen LogP contribution in [0.4, 0.5) is 0 Å². The molecule has 0 spiro atoms. The van der Waals surface area contributed by atoms with Gasteiger partial charge in [0.2, 0.25) is 5.78 Å². The number of phenolic OH excluding ortho intramolecular Hbond substituents is 1. The number of benzene rings is 1. The van der Waals surface area contributed by atoms with Gasteiger partial charge in [0, 0.05) is 17.1 Å². The Morgan fingerprint density at radius 1 is 1.23 bits per heavy atom. The number of aliphatic hydroxyl groups is 3. The van der Waals surface area contributed by atoms with E-state index in [-0.39, 0.29) is 29.7 Å². The maximum Gasteiger partial charge on any atom is 0.255 e. The number of hydrogen-bond donors (Lipinski definition) is 5. The number of fused-ring (bicyclic) bond motifs is 3. The molecule has 4 atom stereocenters. The molecule has 3 aliphatic carbocycles. The molecule has 1 aromatic rings. The lowest BCUT2D eigenvalue weighted by atomic mass is 9.58. The summed E-state index contributed by atoms with van der Waals surface area (Å²) in [4.78, 5) is 45.2. The normalized spacial score (nSPS) is 28.6. The number of aromatic hydroxyl groups is 1. The summed E-state index contributed by atoms with van der Waals surface area (Å²) in [5.74, 6) is -6.86. The summed E-state index contributed by atoms with van der Waals surface area (Å²) in [5, 5.41) is 48.1. The van der Waals surface area contributed by atoms with Crippen molar-refractivity contribution in [2.24, 2.45) is 22.7 Å². The first-order chi connectivity index (χ1) is 16.4. The van der Waals surface area contributed by atoms with Gasteiger partial charge in [0.25, 0.3) is 5.91 Å². The third kappa shape index (κ3) is 3.26. The summed E-state index contributed by atoms with van der Waals surface area (Å²) in [5.41, 5.74) is 3.05. The van der Waals surface area contributed by atoms with Gasteiger partial charge >= 0.3 is 0 Å². The van der Waals surface area contributed by atoms with E-state index in [0.717, 1.165) is 0 Å². The number of aliphatic hydroxyl groups excluding tert-OH is 2. The minimum Gasteiger partial charge on any atom is -0.510 e. The molecule has 1 aromatic carbocycles. The van der Waals surface area contributed by atoms with Crippen molar-refractivity contribution in [3.05, 3.63) is 51.5 Å². The summed E-state index contributed by atoms with van der Waals surface area (Å²) in [7, 11) is 4.53. The third-order valence-corrected chi connectivity index (χ3v) is 7.22. The van der Waals surface area contributed by atoms with Crippen LogP contribution in [-0.2, 0) is 20.8 Å². The molecule has 0 aliphatic heterocycles. The number of nitrogens with two attached hydrogens (primary N) is 1. The van der Waals surface area contributed by atoms with Crippen LogP contribution in [0.25, 0.3) is 0 Å². The number of amides is 1. The zero-order valence-corrected chi connectivity index (χ0v) is 19.7. The fourth-order valence-electron chi connectivity index (χ4n) is 5.78. The van der Waals surface area contributed by atoms with Crippen molar-refractivity contribution in [2.75, 3.05) is 21.2 Å². The van der Waals surface area contributed by atoms with Gasteiger partial charge in [-0.25, -0.2) is 0 Å². The van der Waals surface area contributed by atoms with E-state index < -0.39 is 58.0 Å². The van der Waals surface area contributed by atoms with Gasteiger partial charge in [-0.2, -0.15) is 0 Å². The maximum absolute atomic E-state index is 13.6. The number of ketones is 2. The SMILES string of the molecule is CO/N=C(\C)c1ccc(O)c2c1C[C@@H]1C[C@H]3[C@@H](N(C)C)C(O)=C(C(N)=O)C(=O)[C@]3(O)C(O)=C1C2=O. The van der Waals surface area contributed by atoms with E-state index in [0.29, 0.717) is 16.8 Å². The molecule has 0 bridgehead atoms. The van der Waals surface area contributed by atoms with Crippen molar-refractivity contribution in [3.8, 4) is 5.75 Å². The first-order valence-electron chi connectivity index (χ1n) is 11.0. The number of carbonyl (C=O) groups is 3. The van der Waals surface area contributed by atoms with Gasteiger partial charge < -0.3 is 31.0 Å². The lowest BCUT2D eigenvalue weighted by Crippen LogP contribution is -2.63. The van der Waals surface area contributed by atoms with Crippen LogP contribution in [0, 0.1) is 11.8 Å². The number of allylic oxidation sites excluding steroid dienone is 1. The van der Waals surface area contributed by atoms with Crippen LogP contribution in [0.15, 0.2) is 40.0 Å². The Hall–Kier alpha value is -3.70. The molecule has 0 saturated carbocycles. The van der Waals surface area contributed by atoms with E-state index in [1.807, 2.05) is 0 Å². The first kappa shape index (κ1) is 24.4. The smallest absolute Gasteiger partial charge is 0.255 e. The quantitative estimate of drug-likeness (QED) is 0.230. The Morgan fingerprint density at radius 3 is 2.46 bits per heavy atom. The fourth-order valence-corrected chi connectivity index (χ4v) is 5.78. The molecule has 1 amide bonds. The van der Waals surface area contributed by atoms with Gasteiger partial charge in [0.05, 0.1) is 17.3 Å². The van der Waals surface area contributed by atoms with E-state index >= 15 is 0 Å². The molecule has 11 nitrogen and oxygen atoms in total. The van der Waals surface area contributed by atoms with Crippen molar-refractivity contribution in [1.29, 1.82) is 0 Å². The Bertz CT molecular complexity index is 1260. The highest BCUT2D eigenvalue weighted by molar-refractivity contribution is 6.25. The molecule has 0 unspecified atom stereocenters. The minimum atomic E-state index is -2.66. The van der Waals surface area contributed by atoms with Gasteiger partial charge in [0.15, 0.2) is 11.4 Å². The van der Waals surface area contributed by atoms with E-state index in [1.165, 1.54) is 18.1 Å². The van der Waals surface area contributed by atoms with Crippen LogP contribution >= 0.6 is 0 Å². The van der Waals surface area contributed by atoms with Crippen molar-refractivity contribution < 1.29 is 39.6 Å². The predicted octanol–water partition coefficient (Wildman–Crippen LogP) is 0.491. The van der Waals surface area contributed by atoms with Crippen LogP contribution in [0.2, 0.25) is 0 Å². The Kier molecular flexibility index (Phi) is 5.73. The fraction of sp³-hybridized carbons (Fsp3) is 0.417. The summed E-state index contributed by atoms with van der Waals surface area (Å²) >= 11 is 0. The van der Waals surface area contributed by atoms with E-state index in [4.69, 9.17) is 10.6 Å². The van der Waals surface area contributed by atoms with Crippen LogP contribution in [0.3, 0.4) is 0 Å². The molecule has 4 rings (SSSR count). The number of nitrogens with zero attached hydrogens (tertiary/aromatic N) is 2. The van der Waals surface area contributed by atoms with Crippen LogP contribution in [0.5, 0.6) is 5.75 Å². The third-order valence-electron chi connectivity index (χ3n) is 7.22. The van der Waals surface area contributed by atoms with E-state index in [1.54, 1.807) is 27.1 Å². The summed E-state index contributed by atoms with van der Waals surface area (Å²) in [6.07, 6.45) is 0.191. The molecule has 6 N–H and O–H groups in total. The molecule has 11 heteroatoms. The van der Waals surface area contributed by atoms with Crippen molar-refractivity contribution >= 4 is 23.2 Å². The summed E-state index contributed by atoms with van der Waals surface area (Å²) in [6.45, 7) is 1.68. The topological polar surface area (TPSA) is 183 Å². The van der Waals surface area contributed by atoms with Gasteiger partial charge in [-0.15, -0.1) is 0 Å². The van der Waals surface area contributed by atoms with Gasteiger partial charge in [0.1, 0.15) is 30.0 Å². The molecule has 0 radical (unpaired) electrons. The van der Waals surface area contributed by atoms with E-state index in [2.05, 4.69) is 5.16 Å². The molecule has 3 aliphatic rings. The number of hydrogen-bond acceptors (Lipinski definition) is 10. The molecule has 0 heterocycles. The van der Waals surface area contributed by atoms with Crippen LogP contribution in [0.1, 0.15) is 34.8 Å². The predicted molar refractivity (Wildman–Crippen MR) is 123 cm³/mol. The monoisotopic (exact) mass is 485 g/mol. The van der Waals surface area contributed by atoms with Crippen molar-refractivity contribution in [3.63, 3.8) is 0 Å². The molecule has 35 heavy (non-hydrogen) atoms. The zero-order valence-electron chi connectivity index (χ0n) is 19.7. The summed E-state index contributed by atoms with van der Waals surface area (Å²) in [6, 6.07) is 1.88. The Balaban J connectivity index is 1.97. The van der Waals surface area contributed by atoms with Crippen molar-refractivity contribution in [2.45, 2.75) is 31.4 Å². The second kappa shape index (κ2) is 8.21. The standard InChI is InChI=1S/C24H27N3O8/c1-9(26-35-4)11-5-6-14(28)16-12(11)7-10-8-13-18(27(2)3)20(30)17(23(25)33)22(32)24(13,34)21(31)15(10)19(16)29/h5-6,10,13,18,28,30-31,34H,7-8H2,1-4H3,(H2,25,33)/b26-9+/t10-,13+,18-,24-/m1/s1. The number of primary amides is 1. The van der Waals surface area contributed by atoms with E-state index in [9.17, 15) is 34.8 Å². The summed E-state index contributed by atoms with van der Waals surface area (Å²) < 4.78 is 0. The highest BCUT2D eigenvalue weighted by Crippen LogP contribution is 2.52. The number of phenols is 1. The van der Waals surface area contributed by atoms with Crippen LogP contribution < -0.4 is 5.73 Å². The molecular weight excluding hydrogens is 458 g/mol. The average Bonchev–Trinajstić information content (AvgIpc) is 2.76. The molecular formula is C24H27N3O8. The largest absolute Gasteiger partial charge is 0.510 e. The lowest BCUT2D eigenvalue weighted by Gasteiger charge is -2.50. The minimum absolute atomic E-state index is 0.0152. The molecule has 186 valence electrons. The maximum atomic E-state index is 13.6. The van der Waals surface area contributed by atoms with Gasteiger partial charge in [-0.1, -0.05) is 5.16 Å². The number of rotatable bonds is 4. The molecule has 0 fully saturated rings. The Morgan fingerprint density at radius 2 is 1.89 bits per heavy atom. The second-order valence-corrected chi connectivity index (χ2v) is 9.31. The molecule has 0 saturated heterocycles. The lowest BCUT2D eigenvalue weighted by molar-refractivity contribution is -0.148. The number of likely N-dealkylation sites (N-methyl/N-ethyl adjacent to an activating group) is 1. The van der Waals surface area contributed by atoms with Gasteiger partial charge in [-0.05, 0) is 57.5 Å². The highest BCUT2D eigenvalue weighted by Gasteiger charge is 2.63. The average molecular weight is 485 g/mol.